The Morgan fingerprint density at radius 2 is 1.11 bits per heavy atom. The van der Waals surface area contributed by atoms with Gasteiger partial charge in [-0.2, -0.15) is 0 Å². The number of aliphatic hydroxyl groups excluding tert-OH is 1. The molecule has 0 aromatic rings. The fourth-order valence-electron chi connectivity index (χ4n) is 5.49. The minimum Gasteiger partial charge on any atom is -0.756 e. The number of nitrogens with zero attached hydrogens (tertiary/aromatic N) is 1. The van der Waals surface area contributed by atoms with Gasteiger partial charge in [-0.3, -0.25) is 9.36 Å². The summed E-state index contributed by atoms with van der Waals surface area (Å²) < 4.78 is 23.0. The van der Waals surface area contributed by atoms with E-state index < -0.39 is 20.0 Å². The average Bonchev–Trinajstić information content (AvgIpc) is 3.13. The van der Waals surface area contributed by atoms with Gasteiger partial charge in [-0.15, -0.1) is 0 Å². The zero-order chi connectivity index (χ0) is 40.7. The van der Waals surface area contributed by atoms with Gasteiger partial charge >= 0.3 is 0 Å². The number of hydrogen-bond acceptors (Lipinski definition) is 6. The summed E-state index contributed by atoms with van der Waals surface area (Å²) in [5.41, 5.74) is 0. The molecule has 3 atom stereocenters. The molecule has 0 aliphatic rings. The molecule has 0 saturated carbocycles. The minimum atomic E-state index is -4.55. The van der Waals surface area contributed by atoms with Crippen molar-refractivity contribution in [3.63, 3.8) is 0 Å². The van der Waals surface area contributed by atoms with Gasteiger partial charge in [-0.05, 0) is 70.6 Å². The van der Waals surface area contributed by atoms with E-state index >= 15 is 0 Å². The number of rotatable bonds is 37. The van der Waals surface area contributed by atoms with Crippen LogP contribution in [0.2, 0.25) is 0 Å². The third-order valence-corrected chi connectivity index (χ3v) is 9.86. The number of phosphoric acid groups is 1. The van der Waals surface area contributed by atoms with E-state index in [0.29, 0.717) is 23.9 Å². The predicted octanol–water partition coefficient (Wildman–Crippen LogP) is 11.2. The lowest BCUT2D eigenvalue weighted by molar-refractivity contribution is -0.870. The number of carbonyl (C=O) groups is 1. The molecular formula is C46H81N2O6P. The largest absolute Gasteiger partial charge is 0.756 e. The van der Waals surface area contributed by atoms with Crippen molar-refractivity contribution in [3.05, 3.63) is 85.1 Å². The molecule has 2 N–H and O–H groups in total. The SMILES string of the molecule is CC/C=C\C/C=C\C/C=C\C/C=C\C/C=C\C/C=C\C/C=C\CCCCCCCCCC(=O)NC(COP(=O)([O-])OCC[N+](C)(C)C)C(O)CCCCCC. The average molecular weight is 789 g/mol. The molecule has 55 heavy (non-hydrogen) atoms. The second kappa shape index (κ2) is 37.3. The highest BCUT2D eigenvalue weighted by molar-refractivity contribution is 7.45. The molecule has 0 aromatic heterocycles. The van der Waals surface area contributed by atoms with Gasteiger partial charge in [0.25, 0.3) is 7.82 Å². The first-order chi connectivity index (χ1) is 26.5. The summed E-state index contributed by atoms with van der Waals surface area (Å²) in [6.07, 6.45) is 50.8. The number of carbonyl (C=O) groups excluding carboxylic acids is 1. The first kappa shape index (κ1) is 52.7. The normalized spacial score (nSPS) is 15.3. The number of hydrogen-bond donors (Lipinski definition) is 2. The van der Waals surface area contributed by atoms with Gasteiger partial charge in [0.05, 0.1) is 39.9 Å². The van der Waals surface area contributed by atoms with Crippen LogP contribution in [0.4, 0.5) is 0 Å². The molecule has 9 heteroatoms. The lowest BCUT2D eigenvalue weighted by Gasteiger charge is -2.30. The zero-order valence-corrected chi connectivity index (χ0v) is 36.5. The van der Waals surface area contributed by atoms with Crippen LogP contribution in [0.5, 0.6) is 0 Å². The second-order valence-corrected chi connectivity index (χ2v) is 16.7. The third kappa shape index (κ3) is 39.7. The molecule has 0 aliphatic heterocycles. The molecule has 3 unspecified atom stereocenters. The molecule has 0 aromatic carbocycles. The highest BCUT2D eigenvalue weighted by Gasteiger charge is 2.24. The molecule has 0 saturated heterocycles. The summed E-state index contributed by atoms with van der Waals surface area (Å²) in [6.45, 7) is 4.43. The Kier molecular flexibility index (Phi) is 35.7. The number of unbranched alkanes of at least 4 members (excludes halogenated alkanes) is 10. The topological polar surface area (TPSA) is 108 Å². The van der Waals surface area contributed by atoms with E-state index in [1.807, 2.05) is 21.1 Å². The van der Waals surface area contributed by atoms with Crippen molar-refractivity contribution in [1.82, 2.24) is 5.32 Å². The van der Waals surface area contributed by atoms with Crippen molar-refractivity contribution < 1.29 is 32.9 Å². The summed E-state index contributed by atoms with van der Waals surface area (Å²) in [5.74, 6) is -0.191. The van der Waals surface area contributed by atoms with E-state index in [4.69, 9.17) is 9.05 Å². The van der Waals surface area contributed by atoms with Crippen molar-refractivity contribution in [3.8, 4) is 0 Å². The smallest absolute Gasteiger partial charge is 0.268 e. The fourth-order valence-corrected chi connectivity index (χ4v) is 6.21. The molecule has 0 bridgehead atoms. The van der Waals surface area contributed by atoms with Crippen molar-refractivity contribution in [1.29, 1.82) is 0 Å². The standard InChI is InChI=1S/C46H81N2O6P/c1-6-8-10-12-13-14-15-16-17-18-19-20-21-22-23-24-25-26-27-28-29-30-31-32-33-34-35-36-38-40-46(50)47-44(45(49)39-37-11-9-7-2)43-54-55(51,52)53-42-41-48(3,4)5/h8,10,13-14,16-17,19-20,22-23,25-26,28-29,44-45,49H,6-7,9,11-12,15,18,21,24,27,30-43H2,1-5H3,(H-,47,50,51,52)/b10-8-,14-13-,17-16-,20-19-,23-22-,26-25-,29-28-. The number of nitrogens with one attached hydrogen (secondary N) is 1. The number of phosphoric ester groups is 1. The molecule has 0 fully saturated rings. The van der Waals surface area contributed by atoms with E-state index in [1.165, 1.54) is 19.3 Å². The van der Waals surface area contributed by atoms with Gasteiger partial charge in [0.1, 0.15) is 13.2 Å². The number of amides is 1. The van der Waals surface area contributed by atoms with Gasteiger partial charge < -0.3 is 28.8 Å². The second-order valence-electron chi connectivity index (χ2n) is 15.3. The molecule has 8 nitrogen and oxygen atoms in total. The minimum absolute atomic E-state index is 0.00362. The van der Waals surface area contributed by atoms with Gasteiger partial charge in [0.15, 0.2) is 0 Å². The summed E-state index contributed by atoms with van der Waals surface area (Å²) in [6, 6.07) is -0.807. The molecule has 0 heterocycles. The number of likely N-dealkylation sites (N-methyl/N-ethyl adjacent to an activating group) is 1. The van der Waals surface area contributed by atoms with E-state index in [1.54, 1.807) is 0 Å². The van der Waals surface area contributed by atoms with Gasteiger partial charge in [-0.25, -0.2) is 0 Å². The van der Waals surface area contributed by atoms with Crippen molar-refractivity contribution in [2.75, 3.05) is 40.9 Å². The van der Waals surface area contributed by atoms with E-state index in [-0.39, 0.29) is 19.1 Å². The summed E-state index contributed by atoms with van der Waals surface area (Å²) in [4.78, 5) is 25.0. The van der Waals surface area contributed by atoms with E-state index in [0.717, 1.165) is 103 Å². The predicted molar refractivity (Wildman–Crippen MR) is 233 cm³/mol. The number of quaternary nitrogens is 1. The first-order valence-corrected chi connectivity index (χ1v) is 22.9. The van der Waals surface area contributed by atoms with Gasteiger partial charge in [0, 0.05) is 6.42 Å². The van der Waals surface area contributed by atoms with Crippen LogP contribution in [0.25, 0.3) is 0 Å². The summed E-state index contributed by atoms with van der Waals surface area (Å²) in [7, 11) is 1.27. The lowest BCUT2D eigenvalue weighted by atomic mass is 10.0. The van der Waals surface area contributed by atoms with Crippen molar-refractivity contribution in [2.45, 2.75) is 161 Å². The van der Waals surface area contributed by atoms with Crippen LogP contribution in [0.3, 0.4) is 0 Å². The first-order valence-electron chi connectivity index (χ1n) is 21.4. The fraction of sp³-hybridized carbons (Fsp3) is 0.674. The zero-order valence-electron chi connectivity index (χ0n) is 35.6. The van der Waals surface area contributed by atoms with Crippen LogP contribution in [0, 0.1) is 0 Å². The Morgan fingerprint density at radius 1 is 0.655 bits per heavy atom. The lowest BCUT2D eigenvalue weighted by Crippen LogP contribution is -2.46. The molecule has 0 rings (SSSR count). The van der Waals surface area contributed by atoms with Crippen molar-refractivity contribution in [2.24, 2.45) is 0 Å². The van der Waals surface area contributed by atoms with Crippen LogP contribution in [0.1, 0.15) is 149 Å². The van der Waals surface area contributed by atoms with E-state index in [2.05, 4.69) is 104 Å². The van der Waals surface area contributed by atoms with Gasteiger partial charge in [-0.1, -0.05) is 157 Å². The highest BCUT2D eigenvalue weighted by atomic mass is 31.2. The van der Waals surface area contributed by atoms with Crippen LogP contribution in [-0.4, -0.2) is 68.5 Å². The Hall–Kier alpha value is -2.32. The summed E-state index contributed by atoms with van der Waals surface area (Å²) in [5, 5.41) is 13.6. The van der Waals surface area contributed by atoms with Crippen LogP contribution >= 0.6 is 7.82 Å². The van der Waals surface area contributed by atoms with Crippen molar-refractivity contribution >= 4 is 13.7 Å². The maximum Gasteiger partial charge on any atom is 0.268 e. The Bertz CT molecular complexity index is 1170. The molecule has 0 aliphatic carbocycles. The Labute approximate surface area is 337 Å². The maximum atomic E-state index is 12.7. The maximum absolute atomic E-state index is 12.7. The molecule has 1 amide bonds. The summed E-state index contributed by atoms with van der Waals surface area (Å²) >= 11 is 0. The molecule has 316 valence electrons. The number of allylic oxidation sites excluding steroid dienone is 14. The Balaban J connectivity index is 4.04. The highest BCUT2D eigenvalue weighted by Crippen LogP contribution is 2.38. The quantitative estimate of drug-likeness (QED) is 0.0281. The molecule has 0 spiro atoms. The monoisotopic (exact) mass is 789 g/mol. The van der Waals surface area contributed by atoms with Gasteiger partial charge in [0.2, 0.25) is 5.91 Å². The molecule has 0 radical (unpaired) electrons. The van der Waals surface area contributed by atoms with E-state index in [9.17, 15) is 19.4 Å². The number of aliphatic hydroxyl groups is 1. The Morgan fingerprint density at radius 3 is 1.60 bits per heavy atom. The van der Waals surface area contributed by atoms with Crippen LogP contribution in [0.15, 0.2) is 85.1 Å². The third-order valence-electron chi connectivity index (χ3n) is 8.90. The van der Waals surface area contributed by atoms with Crippen LogP contribution in [-0.2, 0) is 18.4 Å². The molecular weight excluding hydrogens is 707 g/mol. The van der Waals surface area contributed by atoms with Crippen LogP contribution < -0.4 is 10.2 Å².